The Labute approximate surface area is 165 Å². The largest absolute Gasteiger partial charge is 0.480 e. The SMILES string of the molecule is CSc1ccnc2c1cc(C(=O)NCc1ccc(C)cc1)c(=O)n2CC(=O)O. The van der Waals surface area contributed by atoms with Gasteiger partial charge < -0.3 is 10.4 Å². The van der Waals surface area contributed by atoms with Crippen LogP contribution >= 0.6 is 11.8 Å². The van der Waals surface area contributed by atoms with Crippen molar-refractivity contribution in [2.45, 2.75) is 24.9 Å². The van der Waals surface area contributed by atoms with Crippen LogP contribution in [0.25, 0.3) is 11.0 Å². The van der Waals surface area contributed by atoms with E-state index in [2.05, 4.69) is 10.3 Å². The van der Waals surface area contributed by atoms with Gasteiger partial charge in [-0.3, -0.25) is 19.0 Å². The predicted octanol–water partition coefficient (Wildman–Crippen LogP) is 2.44. The van der Waals surface area contributed by atoms with Gasteiger partial charge in [-0.15, -0.1) is 11.8 Å². The van der Waals surface area contributed by atoms with Gasteiger partial charge >= 0.3 is 5.97 Å². The topological polar surface area (TPSA) is 101 Å². The molecule has 3 rings (SSSR count). The number of hydrogen-bond acceptors (Lipinski definition) is 5. The second-order valence-corrected chi connectivity index (χ2v) is 7.11. The van der Waals surface area contributed by atoms with Crippen molar-refractivity contribution >= 4 is 34.7 Å². The van der Waals surface area contributed by atoms with Gasteiger partial charge in [-0.25, -0.2) is 4.98 Å². The van der Waals surface area contributed by atoms with E-state index in [0.717, 1.165) is 20.6 Å². The quantitative estimate of drug-likeness (QED) is 0.620. The lowest BCUT2D eigenvalue weighted by Crippen LogP contribution is -2.34. The summed E-state index contributed by atoms with van der Waals surface area (Å²) in [6, 6.07) is 10.9. The number of hydrogen-bond donors (Lipinski definition) is 2. The molecule has 3 aromatic rings. The first-order valence-electron chi connectivity index (χ1n) is 8.52. The Morgan fingerprint density at radius 2 is 1.93 bits per heavy atom. The molecule has 1 amide bonds. The summed E-state index contributed by atoms with van der Waals surface area (Å²) in [5, 5.41) is 12.5. The molecule has 2 heterocycles. The maximum absolute atomic E-state index is 12.8. The van der Waals surface area contributed by atoms with E-state index in [1.165, 1.54) is 24.0 Å². The Bertz CT molecular complexity index is 1110. The summed E-state index contributed by atoms with van der Waals surface area (Å²) >= 11 is 1.43. The Hall–Kier alpha value is -3.13. The number of amides is 1. The van der Waals surface area contributed by atoms with Crippen LogP contribution in [-0.4, -0.2) is 32.8 Å². The zero-order chi connectivity index (χ0) is 20.3. The number of aryl methyl sites for hydroxylation is 1. The molecule has 1 aromatic carbocycles. The van der Waals surface area contributed by atoms with Crippen LogP contribution < -0.4 is 10.9 Å². The van der Waals surface area contributed by atoms with Crippen LogP contribution in [0, 0.1) is 6.92 Å². The first kappa shape index (κ1) is 19.6. The van der Waals surface area contributed by atoms with E-state index in [4.69, 9.17) is 0 Å². The smallest absolute Gasteiger partial charge is 0.323 e. The fraction of sp³-hybridized carbons (Fsp3) is 0.200. The molecular weight excluding hydrogens is 378 g/mol. The molecule has 144 valence electrons. The Morgan fingerprint density at radius 3 is 2.57 bits per heavy atom. The number of carbonyl (C=O) groups is 2. The van der Waals surface area contributed by atoms with Gasteiger partial charge in [0.1, 0.15) is 17.8 Å². The minimum Gasteiger partial charge on any atom is -0.480 e. The van der Waals surface area contributed by atoms with Gasteiger partial charge in [-0.1, -0.05) is 29.8 Å². The summed E-state index contributed by atoms with van der Waals surface area (Å²) < 4.78 is 1.03. The molecule has 0 spiro atoms. The summed E-state index contributed by atoms with van der Waals surface area (Å²) in [5.41, 5.74) is 1.47. The van der Waals surface area contributed by atoms with Crippen LogP contribution in [-0.2, 0) is 17.9 Å². The van der Waals surface area contributed by atoms with Crippen molar-refractivity contribution in [1.82, 2.24) is 14.9 Å². The average Bonchev–Trinajstić information content (AvgIpc) is 2.68. The first-order chi connectivity index (χ1) is 13.4. The van der Waals surface area contributed by atoms with E-state index in [0.29, 0.717) is 5.39 Å². The van der Waals surface area contributed by atoms with Crippen LogP contribution in [0.3, 0.4) is 0 Å². The number of aromatic nitrogens is 2. The van der Waals surface area contributed by atoms with Crippen molar-refractivity contribution < 1.29 is 14.7 Å². The van der Waals surface area contributed by atoms with Crippen molar-refractivity contribution in [2.75, 3.05) is 6.26 Å². The summed E-state index contributed by atoms with van der Waals surface area (Å²) in [6.07, 6.45) is 3.38. The molecule has 0 aliphatic carbocycles. The third kappa shape index (κ3) is 4.07. The maximum atomic E-state index is 12.8. The highest BCUT2D eigenvalue weighted by Crippen LogP contribution is 2.24. The third-order valence-electron chi connectivity index (χ3n) is 4.28. The van der Waals surface area contributed by atoms with E-state index < -0.39 is 24.0 Å². The van der Waals surface area contributed by atoms with Crippen LogP contribution in [0.15, 0.2) is 52.3 Å². The standard InChI is InChI=1S/C20H19N3O4S/c1-12-3-5-13(6-4-12)10-22-19(26)15-9-14-16(28-2)7-8-21-18(14)23(20(15)27)11-17(24)25/h3-9H,10-11H2,1-2H3,(H,22,26)(H,24,25). The lowest BCUT2D eigenvalue weighted by Gasteiger charge is -2.12. The normalized spacial score (nSPS) is 10.8. The number of fused-ring (bicyclic) bond motifs is 1. The number of nitrogens with zero attached hydrogens (tertiary/aromatic N) is 2. The fourth-order valence-electron chi connectivity index (χ4n) is 2.85. The molecule has 2 aromatic heterocycles. The fourth-order valence-corrected chi connectivity index (χ4v) is 3.42. The summed E-state index contributed by atoms with van der Waals surface area (Å²) in [7, 11) is 0. The molecule has 0 aliphatic rings. The predicted molar refractivity (Wildman–Crippen MR) is 108 cm³/mol. The zero-order valence-electron chi connectivity index (χ0n) is 15.4. The number of carbonyl (C=O) groups excluding carboxylic acids is 1. The molecule has 2 N–H and O–H groups in total. The van der Waals surface area contributed by atoms with Gasteiger partial charge in [0.15, 0.2) is 0 Å². The number of carboxylic acid groups (broad SMARTS) is 1. The Kier molecular flexibility index (Phi) is 5.79. The van der Waals surface area contributed by atoms with Crippen LogP contribution in [0.5, 0.6) is 0 Å². The van der Waals surface area contributed by atoms with E-state index in [1.54, 1.807) is 6.07 Å². The van der Waals surface area contributed by atoms with Crippen LogP contribution in [0.2, 0.25) is 0 Å². The maximum Gasteiger partial charge on any atom is 0.323 e. The van der Waals surface area contributed by atoms with Gasteiger partial charge in [-0.2, -0.15) is 0 Å². The van der Waals surface area contributed by atoms with Crippen molar-refractivity contribution in [1.29, 1.82) is 0 Å². The number of aliphatic carboxylic acids is 1. The van der Waals surface area contributed by atoms with Gasteiger partial charge in [0.25, 0.3) is 11.5 Å². The lowest BCUT2D eigenvalue weighted by atomic mass is 10.1. The van der Waals surface area contributed by atoms with E-state index in [1.807, 2.05) is 37.4 Å². The first-order valence-corrected chi connectivity index (χ1v) is 9.75. The molecule has 0 atom stereocenters. The molecule has 7 nitrogen and oxygen atoms in total. The Morgan fingerprint density at radius 1 is 1.21 bits per heavy atom. The van der Waals surface area contributed by atoms with Gasteiger partial charge in [0, 0.05) is 23.0 Å². The minimum atomic E-state index is -1.18. The lowest BCUT2D eigenvalue weighted by molar-refractivity contribution is -0.137. The highest BCUT2D eigenvalue weighted by Gasteiger charge is 2.19. The van der Waals surface area contributed by atoms with Crippen molar-refractivity contribution in [3.05, 3.63) is 69.6 Å². The monoisotopic (exact) mass is 397 g/mol. The zero-order valence-corrected chi connectivity index (χ0v) is 16.2. The second kappa shape index (κ2) is 8.26. The third-order valence-corrected chi connectivity index (χ3v) is 5.08. The number of nitrogens with one attached hydrogen (secondary N) is 1. The molecule has 0 bridgehead atoms. The van der Waals surface area contributed by atoms with E-state index in [-0.39, 0.29) is 17.8 Å². The van der Waals surface area contributed by atoms with Crippen LogP contribution in [0.1, 0.15) is 21.5 Å². The van der Waals surface area contributed by atoms with Crippen molar-refractivity contribution in [3.8, 4) is 0 Å². The van der Waals surface area contributed by atoms with E-state index >= 15 is 0 Å². The van der Waals surface area contributed by atoms with Crippen molar-refractivity contribution in [3.63, 3.8) is 0 Å². The van der Waals surface area contributed by atoms with Gasteiger partial charge in [0.05, 0.1) is 0 Å². The van der Waals surface area contributed by atoms with Gasteiger partial charge in [-0.05, 0) is 30.9 Å². The van der Waals surface area contributed by atoms with Gasteiger partial charge in [0.2, 0.25) is 0 Å². The minimum absolute atomic E-state index is 0.107. The highest BCUT2D eigenvalue weighted by atomic mass is 32.2. The molecule has 0 saturated heterocycles. The molecule has 8 heteroatoms. The molecule has 28 heavy (non-hydrogen) atoms. The molecular formula is C20H19N3O4S. The highest BCUT2D eigenvalue weighted by molar-refractivity contribution is 7.98. The molecule has 0 unspecified atom stereocenters. The Balaban J connectivity index is 2.02. The van der Waals surface area contributed by atoms with Crippen molar-refractivity contribution in [2.24, 2.45) is 0 Å². The number of benzene rings is 1. The number of pyridine rings is 2. The number of thioether (sulfide) groups is 1. The molecule has 0 saturated carbocycles. The molecule has 0 radical (unpaired) electrons. The van der Waals surface area contributed by atoms with E-state index in [9.17, 15) is 19.5 Å². The molecule has 0 aliphatic heterocycles. The average molecular weight is 397 g/mol. The number of carboxylic acids is 1. The van der Waals surface area contributed by atoms with Crippen LogP contribution in [0.4, 0.5) is 0 Å². The summed E-state index contributed by atoms with van der Waals surface area (Å²) in [4.78, 5) is 41.7. The summed E-state index contributed by atoms with van der Waals surface area (Å²) in [6.45, 7) is 1.66. The number of rotatable bonds is 6. The summed E-state index contributed by atoms with van der Waals surface area (Å²) in [5.74, 6) is -1.74. The second-order valence-electron chi connectivity index (χ2n) is 6.26. The molecule has 0 fully saturated rings.